The Morgan fingerprint density at radius 1 is 1.00 bits per heavy atom. The molecule has 0 spiro atoms. The van der Waals surface area contributed by atoms with Gasteiger partial charge >= 0.3 is 5.97 Å². The van der Waals surface area contributed by atoms with Crippen LogP contribution in [0.2, 0.25) is 0 Å². The van der Waals surface area contributed by atoms with E-state index in [1.54, 1.807) is 0 Å². The lowest BCUT2D eigenvalue weighted by atomic mass is 9.96. The van der Waals surface area contributed by atoms with Crippen LogP contribution in [0.25, 0.3) is 22.2 Å². The number of para-hydroxylation sites is 1. The largest absolute Gasteiger partial charge is 0.452 e. The molecule has 0 unspecified atom stereocenters. The number of nitrogens with zero attached hydrogens (tertiary/aromatic N) is 2. The average molecular weight is 460 g/mol. The number of amides is 1. The number of carbonyl (C=O) groups excluding carboxylic acids is 2. The number of benzene rings is 2. The lowest BCUT2D eigenvalue weighted by Crippen LogP contribution is -2.22. The molecule has 0 radical (unpaired) electrons. The Morgan fingerprint density at radius 3 is 2.52 bits per heavy atom. The van der Waals surface area contributed by atoms with Gasteiger partial charge in [0, 0.05) is 22.0 Å². The smallest absolute Gasteiger partial charge is 0.339 e. The monoisotopic (exact) mass is 459 g/mol. The summed E-state index contributed by atoms with van der Waals surface area (Å²) in [5.74, 6) is -0.940. The summed E-state index contributed by atoms with van der Waals surface area (Å²) in [4.78, 5) is 34.8. The lowest BCUT2D eigenvalue weighted by molar-refractivity contribution is -0.119. The zero-order chi connectivity index (χ0) is 23.2. The van der Waals surface area contributed by atoms with Gasteiger partial charge in [0.2, 0.25) is 0 Å². The summed E-state index contributed by atoms with van der Waals surface area (Å²) in [6, 6.07) is 17.3. The highest BCUT2D eigenvalue weighted by molar-refractivity contribution is 7.14. The van der Waals surface area contributed by atoms with Crippen molar-refractivity contribution < 1.29 is 14.3 Å². The Kier molecular flexibility index (Phi) is 7.10. The van der Waals surface area contributed by atoms with Crippen molar-refractivity contribution in [2.45, 2.75) is 33.1 Å². The van der Waals surface area contributed by atoms with Gasteiger partial charge in [-0.15, -0.1) is 11.3 Å². The molecule has 0 bridgehead atoms. The van der Waals surface area contributed by atoms with Gasteiger partial charge in [-0.3, -0.25) is 15.1 Å². The first-order valence-corrected chi connectivity index (χ1v) is 11.9. The summed E-state index contributed by atoms with van der Waals surface area (Å²) in [6.45, 7) is 3.70. The first-order chi connectivity index (χ1) is 16.1. The van der Waals surface area contributed by atoms with Crippen molar-refractivity contribution in [1.82, 2.24) is 9.97 Å². The van der Waals surface area contributed by atoms with E-state index < -0.39 is 11.9 Å². The van der Waals surface area contributed by atoms with E-state index in [1.807, 2.05) is 66.9 Å². The van der Waals surface area contributed by atoms with Gasteiger partial charge in [0.05, 0.1) is 16.8 Å². The highest BCUT2D eigenvalue weighted by Gasteiger charge is 2.21. The van der Waals surface area contributed by atoms with Crippen LogP contribution in [-0.2, 0) is 22.4 Å². The van der Waals surface area contributed by atoms with E-state index in [0.717, 1.165) is 46.3 Å². The summed E-state index contributed by atoms with van der Waals surface area (Å²) in [7, 11) is 0. The first kappa shape index (κ1) is 22.6. The number of pyridine rings is 1. The zero-order valence-electron chi connectivity index (χ0n) is 18.6. The SMILES string of the molecule is CCCc1nc2ccccc2c(C(=O)OCC(=O)Nc2nc(-c3ccccc3)cs2)c1CC. The highest BCUT2D eigenvalue weighted by atomic mass is 32.1. The Balaban J connectivity index is 1.49. The van der Waals surface area contributed by atoms with Crippen molar-refractivity contribution in [2.24, 2.45) is 0 Å². The lowest BCUT2D eigenvalue weighted by Gasteiger charge is -2.15. The highest BCUT2D eigenvalue weighted by Crippen LogP contribution is 2.27. The Morgan fingerprint density at radius 2 is 1.76 bits per heavy atom. The van der Waals surface area contributed by atoms with Gasteiger partial charge < -0.3 is 4.74 Å². The summed E-state index contributed by atoms with van der Waals surface area (Å²) in [6.07, 6.45) is 2.36. The standard InChI is InChI=1S/C26H25N3O3S/c1-3-10-20-18(4-2)24(19-13-8-9-14-21(19)27-20)25(31)32-15-23(30)29-26-28-22(16-33-26)17-11-6-5-7-12-17/h5-9,11-14,16H,3-4,10,15H2,1-2H3,(H,28,29,30). The summed E-state index contributed by atoms with van der Waals surface area (Å²) < 4.78 is 5.44. The number of hydrogen-bond acceptors (Lipinski definition) is 6. The number of thiazole rings is 1. The van der Waals surface area contributed by atoms with Crippen LogP contribution in [0, 0.1) is 0 Å². The van der Waals surface area contributed by atoms with Crippen molar-refractivity contribution >= 4 is 39.2 Å². The third-order valence-electron chi connectivity index (χ3n) is 5.28. The molecule has 4 aromatic rings. The van der Waals surface area contributed by atoms with E-state index in [4.69, 9.17) is 9.72 Å². The third-order valence-corrected chi connectivity index (χ3v) is 6.04. The van der Waals surface area contributed by atoms with Crippen molar-refractivity contribution in [3.8, 4) is 11.3 Å². The van der Waals surface area contributed by atoms with E-state index in [0.29, 0.717) is 17.1 Å². The topological polar surface area (TPSA) is 81.2 Å². The fourth-order valence-electron chi connectivity index (χ4n) is 3.79. The third kappa shape index (κ3) is 5.09. The quantitative estimate of drug-likeness (QED) is 0.343. The number of rotatable bonds is 8. The number of ether oxygens (including phenoxy) is 1. The van der Waals surface area contributed by atoms with E-state index in [-0.39, 0.29) is 6.61 Å². The van der Waals surface area contributed by atoms with Crippen LogP contribution in [-0.4, -0.2) is 28.5 Å². The minimum Gasteiger partial charge on any atom is -0.452 e. The molecule has 0 fully saturated rings. The first-order valence-electron chi connectivity index (χ1n) is 11.0. The molecule has 2 aromatic carbocycles. The number of nitrogens with one attached hydrogen (secondary N) is 1. The minimum atomic E-state index is -0.512. The Bertz CT molecular complexity index is 1280. The van der Waals surface area contributed by atoms with Gasteiger partial charge in [-0.2, -0.15) is 0 Å². The molecule has 0 aliphatic carbocycles. The van der Waals surface area contributed by atoms with E-state index >= 15 is 0 Å². The van der Waals surface area contributed by atoms with Gasteiger partial charge in [-0.25, -0.2) is 9.78 Å². The Labute approximate surface area is 196 Å². The number of anilines is 1. The number of fused-ring (bicyclic) bond motifs is 1. The predicted molar refractivity (Wildman–Crippen MR) is 132 cm³/mol. The molecule has 4 rings (SSSR count). The summed E-state index contributed by atoms with van der Waals surface area (Å²) in [5.41, 5.74) is 4.80. The minimum absolute atomic E-state index is 0.387. The molecule has 168 valence electrons. The van der Waals surface area contributed by atoms with Crippen molar-refractivity contribution in [3.05, 3.63) is 76.8 Å². The van der Waals surface area contributed by atoms with E-state index in [1.165, 1.54) is 11.3 Å². The number of hydrogen-bond donors (Lipinski definition) is 1. The molecule has 6 nitrogen and oxygen atoms in total. The van der Waals surface area contributed by atoms with E-state index in [2.05, 4.69) is 17.2 Å². The van der Waals surface area contributed by atoms with Gasteiger partial charge in [0.1, 0.15) is 0 Å². The number of esters is 1. The normalized spacial score (nSPS) is 10.8. The van der Waals surface area contributed by atoms with Crippen LogP contribution < -0.4 is 5.32 Å². The van der Waals surface area contributed by atoms with E-state index in [9.17, 15) is 9.59 Å². The summed E-state index contributed by atoms with van der Waals surface area (Å²) >= 11 is 1.33. The molecule has 0 saturated carbocycles. The van der Waals surface area contributed by atoms with Crippen LogP contribution in [0.1, 0.15) is 41.9 Å². The number of aryl methyl sites for hydroxylation is 1. The van der Waals surface area contributed by atoms with Gasteiger partial charge in [-0.1, -0.05) is 68.8 Å². The molecule has 1 N–H and O–H groups in total. The predicted octanol–water partition coefficient (Wildman–Crippen LogP) is 5.67. The molecule has 0 atom stereocenters. The van der Waals surface area contributed by atoms with Crippen molar-refractivity contribution in [3.63, 3.8) is 0 Å². The second-order valence-electron chi connectivity index (χ2n) is 7.56. The molecule has 0 saturated heterocycles. The molecule has 2 heterocycles. The zero-order valence-corrected chi connectivity index (χ0v) is 19.4. The molecule has 0 aliphatic heterocycles. The molecule has 33 heavy (non-hydrogen) atoms. The van der Waals surface area contributed by atoms with Crippen LogP contribution >= 0.6 is 11.3 Å². The average Bonchev–Trinajstić information content (AvgIpc) is 3.31. The molecule has 2 aromatic heterocycles. The van der Waals surface area contributed by atoms with Gasteiger partial charge in [0.15, 0.2) is 11.7 Å². The molecular weight excluding hydrogens is 434 g/mol. The fourth-order valence-corrected chi connectivity index (χ4v) is 4.53. The molecular formula is C26H25N3O3S. The van der Waals surface area contributed by atoms with Gasteiger partial charge in [0.25, 0.3) is 5.91 Å². The summed E-state index contributed by atoms with van der Waals surface area (Å²) in [5, 5.41) is 5.80. The number of carbonyl (C=O) groups is 2. The Hall–Kier alpha value is -3.58. The maximum atomic E-state index is 13.1. The van der Waals surface area contributed by atoms with Crippen molar-refractivity contribution in [1.29, 1.82) is 0 Å². The molecule has 7 heteroatoms. The van der Waals surface area contributed by atoms with Crippen LogP contribution in [0.4, 0.5) is 5.13 Å². The molecule has 1 amide bonds. The maximum Gasteiger partial charge on any atom is 0.339 e. The number of aromatic nitrogens is 2. The van der Waals surface area contributed by atoms with Crippen LogP contribution in [0.5, 0.6) is 0 Å². The van der Waals surface area contributed by atoms with Crippen molar-refractivity contribution in [2.75, 3.05) is 11.9 Å². The maximum absolute atomic E-state index is 13.1. The second-order valence-corrected chi connectivity index (χ2v) is 8.42. The van der Waals surface area contributed by atoms with Gasteiger partial charge in [-0.05, 0) is 24.5 Å². The van der Waals surface area contributed by atoms with Crippen LogP contribution in [0.15, 0.2) is 60.0 Å². The molecule has 0 aliphatic rings. The second kappa shape index (κ2) is 10.4. The van der Waals surface area contributed by atoms with Crippen LogP contribution in [0.3, 0.4) is 0 Å². The fraction of sp³-hybridized carbons (Fsp3) is 0.231.